The molecule has 19 heavy (non-hydrogen) atoms. The van der Waals surface area contributed by atoms with E-state index in [4.69, 9.17) is 0 Å². The van der Waals surface area contributed by atoms with Crippen molar-refractivity contribution in [2.75, 3.05) is 7.05 Å². The predicted molar refractivity (Wildman–Crippen MR) is 58.8 cm³/mol. The molecule has 1 fully saturated rings. The molecule has 0 bridgehead atoms. The number of nitrogens with one attached hydrogen (secondary N) is 2. The minimum atomic E-state index is -4.81. The molecular weight excluding hydrogens is 266 g/mol. The molecule has 1 heterocycles. The van der Waals surface area contributed by atoms with Crippen LogP contribution in [-0.4, -0.2) is 18.9 Å². The van der Waals surface area contributed by atoms with E-state index in [1.807, 2.05) is 0 Å². The predicted octanol–water partition coefficient (Wildman–Crippen LogP) is 1.59. The molecule has 0 saturated carbocycles. The standard InChI is InChI=1S/C11H9F4N3O/c1-16-10-17-8(9(19)18-10)5-2-3-7(12)6(4-5)11(13,14)15/h2-4,8H,1H3,(H2,16,17,18,19). The number of nitrogens with zero attached hydrogens (tertiary/aromatic N) is 1. The summed E-state index contributed by atoms with van der Waals surface area (Å²) < 4.78 is 50.8. The van der Waals surface area contributed by atoms with Crippen LogP contribution in [0.3, 0.4) is 0 Å². The van der Waals surface area contributed by atoms with Crippen molar-refractivity contribution < 1.29 is 22.4 Å². The minimum absolute atomic E-state index is 0.0184. The maximum absolute atomic E-state index is 13.1. The van der Waals surface area contributed by atoms with E-state index in [0.29, 0.717) is 12.1 Å². The molecule has 1 unspecified atom stereocenters. The summed E-state index contributed by atoms with van der Waals surface area (Å²) >= 11 is 0. The Morgan fingerprint density at radius 2 is 2.00 bits per heavy atom. The molecule has 4 nitrogen and oxygen atoms in total. The summed E-state index contributed by atoms with van der Waals surface area (Å²) in [6.07, 6.45) is -4.81. The van der Waals surface area contributed by atoms with Crippen molar-refractivity contribution in [3.05, 3.63) is 35.1 Å². The maximum Gasteiger partial charge on any atom is 0.419 e. The number of carbonyl (C=O) groups excluding carboxylic acids is 1. The van der Waals surface area contributed by atoms with Crippen LogP contribution in [0.5, 0.6) is 0 Å². The van der Waals surface area contributed by atoms with Gasteiger partial charge >= 0.3 is 6.18 Å². The van der Waals surface area contributed by atoms with E-state index in [0.717, 1.165) is 6.07 Å². The zero-order chi connectivity index (χ0) is 14.2. The molecule has 0 aromatic heterocycles. The van der Waals surface area contributed by atoms with Crippen LogP contribution in [0.1, 0.15) is 17.2 Å². The van der Waals surface area contributed by atoms with Gasteiger partial charge in [0.15, 0.2) is 5.96 Å². The van der Waals surface area contributed by atoms with Gasteiger partial charge < -0.3 is 5.32 Å². The molecule has 2 N–H and O–H groups in total. The number of guanidine groups is 1. The average Bonchev–Trinajstić information content (AvgIpc) is 2.70. The van der Waals surface area contributed by atoms with E-state index >= 15 is 0 Å². The Balaban J connectivity index is 2.40. The maximum atomic E-state index is 13.1. The van der Waals surface area contributed by atoms with Gasteiger partial charge in [0.05, 0.1) is 5.56 Å². The Kier molecular flexibility index (Phi) is 3.17. The van der Waals surface area contributed by atoms with Crippen LogP contribution in [-0.2, 0) is 11.0 Å². The van der Waals surface area contributed by atoms with Crippen LogP contribution in [0.4, 0.5) is 17.6 Å². The zero-order valence-corrected chi connectivity index (χ0v) is 9.68. The van der Waals surface area contributed by atoms with Gasteiger partial charge in [-0.2, -0.15) is 13.2 Å². The molecule has 1 saturated heterocycles. The first-order valence-corrected chi connectivity index (χ1v) is 5.23. The van der Waals surface area contributed by atoms with Crippen molar-refractivity contribution in [3.63, 3.8) is 0 Å². The smallest absolute Gasteiger partial charge is 0.340 e. The van der Waals surface area contributed by atoms with Crippen LogP contribution in [0.15, 0.2) is 23.2 Å². The van der Waals surface area contributed by atoms with Crippen molar-refractivity contribution >= 4 is 11.9 Å². The number of hydrogen-bond donors (Lipinski definition) is 2. The second-order valence-electron chi connectivity index (χ2n) is 3.88. The summed E-state index contributed by atoms with van der Waals surface area (Å²) in [6, 6.07) is 1.42. The Morgan fingerprint density at radius 3 is 2.53 bits per heavy atom. The monoisotopic (exact) mass is 275 g/mol. The van der Waals surface area contributed by atoms with Crippen molar-refractivity contribution in [2.24, 2.45) is 4.99 Å². The van der Waals surface area contributed by atoms with E-state index in [9.17, 15) is 22.4 Å². The second-order valence-corrected chi connectivity index (χ2v) is 3.88. The lowest BCUT2D eigenvalue weighted by molar-refractivity contribution is -0.140. The largest absolute Gasteiger partial charge is 0.419 e. The van der Waals surface area contributed by atoms with Crippen molar-refractivity contribution in [3.8, 4) is 0 Å². The van der Waals surface area contributed by atoms with Crippen LogP contribution in [0.25, 0.3) is 0 Å². The highest BCUT2D eigenvalue weighted by molar-refractivity contribution is 6.06. The Labute approximate surface area is 105 Å². The minimum Gasteiger partial charge on any atom is -0.340 e. The lowest BCUT2D eigenvalue weighted by Gasteiger charge is -2.13. The fourth-order valence-electron chi connectivity index (χ4n) is 1.72. The molecule has 1 aliphatic rings. The SMILES string of the molecule is CN=C1NC(=O)C(c2ccc(F)c(C(F)(F)F)c2)N1. The van der Waals surface area contributed by atoms with Gasteiger partial charge in [-0.1, -0.05) is 6.07 Å². The molecule has 1 aromatic rings. The molecule has 1 aliphatic heterocycles. The molecule has 0 spiro atoms. The van der Waals surface area contributed by atoms with Gasteiger partial charge in [-0.05, 0) is 17.7 Å². The number of alkyl halides is 3. The van der Waals surface area contributed by atoms with E-state index in [1.54, 1.807) is 0 Å². The van der Waals surface area contributed by atoms with Crippen molar-refractivity contribution in [1.82, 2.24) is 10.6 Å². The van der Waals surface area contributed by atoms with E-state index in [1.165, 1.54) is 7.05 Å². The number of rotatable bonds is 1. The second kappa shape index (κ2) is 4.52. The van der Waals surface area contributed by atoms with Crippen LogP contribution in [0.2, 0.25) is 0 Å². The molecule has 0 radical (unpaired) electrons. The number of carbonyl (C=O) groups is 1. The van der Waals surface area contributed by atoms with E-state index < -0.39 is 29.5 Å². The highest BCUT2D eigenvalue weighted by Gasteiger charge is 2.36. The van der Waals surface area contributed by atoms with Crippen LogP contribution >= 0.6 is 0 Å². The highest BCUT2D eigenvalue weighted by Crippen LogP contribution is 2.33. The first kappa shape index (κ1) is 13.3. The van der Waals surface area contributed by atoms with Crippen LogP contribution in [0, 0.1) is 5.82 Å². The number of benzene rings is 1. The first-order chi connectivity index (χ1) is 8.82. The molecule has 1 aromatic carbocycles. The van der Waals surface area contributed by atoms with Gasteiger partial charge in [-0.3, -0.25) is 15.1 Å². The van der Waals surface area contributed by atoms with Gasteiger partial charge in [0.2, 0.25) is 0 Å². The molecule has 1 amide bonds. The normalized spacial score (nSPS) is 21.4. The summed E-state index contributed by atoms with van der Waals surface area (Å²) in [5.41, 5.74) is -1.38. The number of amides is 1. The van der Waals surface area contributed by atoms with Gasteiger partial charge in [0.1, 0.15) is 11.9 Å². The number of aliphatic imine (C=N–C) groups is 1. The summed E-state index contributed by atoms with van der Waals surface area (Å²) in [5, 5.41) is 4.95. The molecule has 102 valence electrons. The quantitative estimate of drug-likeness (QED) is 0.765. The van der Waals surface area contributed by atoms with Gasteiger partial charge in [-0.25, -0.2) is 4.39 Å². The third kappa shape index (κ3) is 2.51. The summed E-state index contributed by atoms with van der Waals surface area (Å²) in [7, 11) is 1.41. The highest BCUT2D eigenvalue weighted by atomic mass is 19.4. The van der Waals surface area contributed by atoms with Gasteiger partial charge in [-0.15, -0.1) is 0 Å². The summed E-state index contributed by atoms with van der Waals surface area (Å²) in [5.74, 6) is -1.76. The Morgan fingerprint density at radius 1 is 1.32 bits per heavy atom. The third-order valence-corrected chi connectivity index (χ3v) is 2.64. The lowest BCUT2D eigenvalue weighted by atomic mass is 10.0. The fraction of sp³-hybridized carbons (Fsp3) is 0.273. The first-order valence-electron chi connectivity index (χ1n) is 5.23. The molecule has 8 heteroatoms. The average molecular weight is 275 g/mol. The summed E-state index contributed by atoms with van der Waals surface area (Å²) in [6.45, 7) is 0. The number of halogens is 4. The third-order valence-electron chi connectivity index (χ3n) is 2.64. The van der Waals surface area contributed by atoms with Gasteiger partial charge in [0.25, 0.3) is 5.91 Å². The Bertz CT molecular complexity index is 553. The molecule has 2 rings (SSSR count). The summed E-state index contributed by atoms with van der Waals surface area (Å²) in [4.78, 5) is 15.2. The molecule has 0 aliphatic carbocycles. The van der Waals surface area contributed by atoms with Crippen molar-refractivity contribution in [1.29, 1.82) is 0 Å². The zero-order valence-electron chi connectivity index (χ0n) is 9.68. The van der Waals surface area contributed by atoms with E-state index in [2.05, 4.69) is 15.6 Å². The molecular formula is C11H9F4N3O. The van der Waals surface area contributed by atoms with Crippen LogP contribution < -0.4 is 10.6 Å². The topological polar surface area (TPSA) is 53.5 Å². The fourth-order valence-corrected chi connectivity index (χ4v) is 1.72. The molecule has 1 atom stereocenters. The number of hydrogen-bond acceptors (Lipinski definition) is 2. The van der Waals surface area contributed by atoms with E-state index in [-0.39, 0.29) is 11.5 Å². The van der Waals surface area contributed by atoms with Gasteiger partial charge in [0, 0.05) is 7.05 Å². The lowest BCUT2D eigenvalue weighted by Crippen LogP contribution is -2.24. The van der Waals surface area contributed by atoms with Crippen molar-refractivity contribution in [2.45, 2.75) is 12.2 Å². The Hall–Kier alpha value is -2.12.